The van der Waals surface area contributed by atoms with Gasteiger partial charge in [-0.25, -0.2) is 8.42 Å². The third-order valence-electron chi connectivity index (χ3n) is 3.97. The smallest absolute Gasteiger partial charge is 0.261 e. The lowest BCUT2D eigenvalue weighted by Crippen LogP contribution is -2.38. The quantitative estimate of drug-likeness (QED) is 0.832. The molecule has 2 fully saturated rings. The minimum Gasteiger partial charge on any atom is -0.349 e. The lowest BCUT2D eigenvalue weighted by atomic mass is 10.1. The van der Waals surface area contributed by atoms with Gasteiger partial charge in [0.25, 0.3) is 15.0 Å². The second-order valence-corrected chi connectivity index (χ2v) is 8.79. The monoisotopic (exact) mass is 347 g/mol. The second-order valence-electron chi connectivity index (χ2n) is 5.79. The Balaban J connectivity index is 1.82. The normalized spacial score (nSPS) is 18.8. The van der Waals surface area contributed by atoms with E-state index in [1.54, 1.807) is 0 Å². The van der Waals surface area contributed by atoms with Gasteiger partial charge >= 0.3 is 0 Å². The molecule has 1 aromatic rings. The molecule has 0 unspecified atom stereocenters. The predicted molar refractivity (Wildman–Crippen MR) is 81.2 cm³/mol. The summed E-state index contributed by atoms with van der Waals surface area (Å²) < 4.78 is 22.8. The van der Waals surface area contributed by atoms with Crippen molar-refractivity contribution >= 4 is 37.2 Å². The zero-order chi connectivity index (χ0) is 15.2. The highest BCUT2D eigenvalue weighted by Crippen LogP contribution is 2.44. The number of halogens is 2. The van der Waals surface area contributed by atoms with Crippen LogP contribution in [0.5, 0.6) is 0 Å². The minimum atomic E-state index is -3.91. The summed E-state index contributed by atoms with van der Waals surface area (Å²) >= 11 is 5.88. The first-order valence-corrected chi connectivity index (χ1v) is 9.59. The number of rotatable bonds is 5. The van der Waals surface area contributed by atoms with Crippen molar-refractivity contribution in [2.45, 2.75) is 36.6 Å². The Hall–Kier alpha value is -0.780. The van der Waals surface area contributed by atoms with Gasteiger partial charge in [-0.2, -0.15) is 0 Å². The maximum atomic E-state index is 12.3. The highest BCUT2D eigenvalue weighted by Gasteiger charge is 2.42. The molecule has 0 aliphatic heterocycles. The topological polar surface area (TPSA) is 63.2 Å². The maximum Gasteiger partial charge on any atom is 0.261 e. The van der Waals surface area contributed by atoms with E-state index in [9.17, 15) is 13.2 Å². The summed E-state index contributed by atoms with van der Waals surface area (Å²) in [5.74, 6) is 0.844. The van der Waals surface area contributed by atoms with Crippen molar-refractivity contribution < 1.29 is 13.2 Å². The summed E-state index contributed by atoms with van der Waals surface area (Å²) in [6, 6.07) is 4.16. The number of benzene rings is 1. The minimum absolute atomic E-state index is 0.156. The summed E-state index contributed by atoms with van der Waals surface area (Å²) in [5, 5.41) is 3.20. The molecule has 114 valence electrons. The van der Waals surface area contributed by atoms with Crippen molar-refractivity contribution in [3.8, 4) is 0 Å². The van der Waals surface area contributed by atoms with Crippen LogP contribution in [0, 0.1) is 11.8 Å². The number of hydrogen-bond donors (Lipinski definition) is 1. The van der Waals surface area contributed by atoms with Crippen LogP contribution in [0.25, 0.3) is 0 Å². The molecular formula is C14H15Cl2NO3S. The van der Waals surface area contributed by atoms with Gasteiger partial charge in [-0.1, -0.05) is 11.6 Å². The number of hydrogen-bond acceptors (Lipinski definition) is 3. The summed E-state index contributed by atoms with van der Waals surface area (Å²) in [4.78, 5) is 12.2. The molecule has 2 aliphatic rings. The molecule has 0 saturated heterocycles. The molecular weight excluding hydrogens is 333 g/mol. The molecule has 1 amide bonds. The van der Waals surface area contributed by atoms with Crippen LogP contribution < -0.4 is 5.32 Å². The summed E-state index contributed by atoms with van der Waals surface area (Å²) in [6.07, 6.45) is 4.60. The molecule has 1 aromatic carbocycles. The van der Waals surface area contributed by atoms with Crippen molar-refractivity contribution in [1.82, 2.24) is 5.32 Å². The van der Waals surface area contributed by atoms with Gasteiger partial charge in [0.1, 0.15) is 0 Å². The van der Waals surface area contributed by atoms with Gasteiger partial charge < -0.3 is 5.32 Å². The van der Waals surface area contributed by atoms with Gasteiger partial charge in [0.15, 0.2) is 0 Å². The van der Waals surface area contributed by atoms with Crippen molar-refractivity contribution in [2.24, 2.45) is 11.8 Å². The number of carbonyl (C=O) groups is 1. The van der Waals surface area contributed by atoms with Crippen LogP contribution in [-0.4, -0.2) is 20.4 Å². The van der Waals surface area contributed by atoms with Crippen LogP contribution in [0.2, 0.25) is 5.02 Å². The third kappa shape index (κ3) is 3.71. The Kier molecular flexibility index (Phi) is 3.93. The van der Waals surface area contributed by atoms with Crippen molar-refractivity contribution in [2.75, 3.05) is 0 Å². The van der Waals surface area contributed by atoms with E-state index < -0.39 is 9.05 Å². The zero-order valence-corrected chi connectivity index (χ0v) is 13.5. The molecule has 0 bridgehead atoms. The van der Waals surface area contributed by atoms with E-state index in [-0.39, 0.29) is 27.4 Å². The van der Waals surface area contributed by atoms with Crippen LogP contribution in [-0.2, 0) is 9.05 Å². The molecule has 1 N–H and O–H groups in total. The number of carbonyl (C=O) groups excluding carboxylic acids is 1. The fraction of sp³-hybridized carbons (Fsp3) is 0.500. The highest BCUT2D eigenvalue weighted by atomic mass is 35.7. The molecule has 0 heterocycles. The van der Waals surface area contributed by atoms with E-state index in [4.69, 9.17) is 22.3 Å². The van der Waals surface area contributed by atoms with Gasteiger partial charge in [-0.05, 0) is 55.7 Å². The van der Waals surface area contributed by atoms with Crippen LogP contribution in [0.15, 0.2) is 23.1 Å². The summed E-state index contributed by atoms with van der Waals surface area (Å²) in [7, 11) is 1.41. The van der Waals surface area contributed by atoms with E-state index in [1.165, 1.54) is 18.2 Å². The Morgan fingerprint density at radius 2 is 1.71 bits per heavy atom. The molecule has 2 saturated carbocycles. The SMILES string of the molecule is O=C(NC(C1CC1)C1CC1)c1cc(Cl)cc(S(=O)(=O)Cl)c1. The first-order chi connectivity index (χ1) is 9.84. The van der Waals surface area contributed by atoms with Crippen LogP contribution in [0.3, 0.4) is 0 Å². The lowest BCUT2D eigenvalue weighted by Gasteiger charge is -2.18. The van der Waals surface area contributed by atoms with Gasteiger partial charge in [0.05, 0.1) is 4.90 Å². The van der Waals surface area contributed by atoms with Gasteiger partial charge in [-0.3, -0.25) is 4.79 Å². The zero-order valence-electron chi connectivity index (χ0n) is 11.2. The highest BCUT2D eigenvalue weighted by molar-refractivity contribution is 8.13. The van der Waals surface area contributed by atoms with E-state index >= 15 is 0 Å². The molecule has 3 rings (SSSR count). The van der Waals surface area contributed by atoms with Crippen molar-refractivity contribution in [3.63, 3.8) is 0 Å². The van der Waals surface area contributed by atoms with E-state index in [0.717, 1.165) is 25.7 Å². The third-order valence-corrected chi connectivity index (χ3v) is 5.52. The average molecular weight is 348 g/mol. The Morgan fingerprint density at radius 1 is 1.14 bits per heavy atom. The van der Waals surface area contributed by atoms with E-state index in [2.05, 4.69) is 5.32 Å². The predicted octanol–water partition coefficient (Wildman–Crippen LogP) is 3.19. The largest absolute Gasteiger partial charge is 0.349 e. The number of amides is 1. The Morgan fingerprint density at radius 3 is 2.19 bits per heavy atom. The van der Waals surface area contributed by atoms with Crippen LogP contribution in [0.4, 0.5) is 0 Å². The fourth-order valence-corrected chi connectivity index (χ4v) is 3.70. The van der Waals surface area contributed by atoms with Crippen molar-refractivity contribution in [1.29, 1.82) is 0 Å². The van der Waals surface area contributed by atoms with Crippen LogP contribution in [0.1, 0.15) is 36.0 Å². The first kappa shape index (κ1) is 15.1. The molecule has 4 nitrogen and oxygen atoms in total. The van der Waals surface area contributed by atoms with Crippen LogP contribution >= 0.6 is 22.3 Å². The molecule has 7 heteroatoms. The lowest BCUT2D eigenvalue weighted by molar-refractivity contribution is 0.0926. The van der Waals surface area contributed by atoms with E-state index in [1.807, 2.05) is 0 Å². The van der Waals surface area contributed by atoms with Gasteiger partial charge in [0, 0.05) is 27.3 Å². The van der Waals surface area contributed by atoms with Gasteiger partial charge in [-0.15, -0.1) is 0 Å². The molecule has 21 heavy (non-hydrogen) atoms. The number of nitrogens with one attached hydrogen (secondary N) is 1. The molecule has 0 spiro atoms. The van der Waals surface area contributed by atoms with E-state index in [0.29, 0.717) is 11.8 Å². The average Bonchev–Trinajstić information content (AvgIpc) is 3.26. The summed E-state index contributed by atoms with van der Waals surface area (Å²) in [6.45, 7) is 0. The molecule has 2 aliphatic carbocycles. The Bertz CT molecular complexity index is 669. The van der Waals surface area contributed by atoms with Crippen molar-refractivity contribution in [3.05, 3.63) is 28.8 Å². The standard InChI is InChI=1S/C14H15Cl2NO3S/c15-11-5-10(6-12(7-11)21(16,19)20)14(18)17-13(8-1-2-8)9-3-4-9/h5-9,13H,1-4H2,(H,17,18). The first-order valence-electron chi connectivity index (χ1n) is 6.91. The molecule has 0 radical (unpaired) electrons. The van der Waals surface area contributed by atoms with Gasteiger partial charge in [0.2, 0.25) is 0 Å². The fourth-order valence-electron chi connectivity index (χ4n) is 2.60. The molecule has 0 atom stereocenters. The maximum absolute atomic E-state index is 12.3. The summed E-state index contributed by atoms with van der Waals surface area (Å²) in [5.41, 5.74) is 0.230. The second kappa shape index (κ2) is 5.45. The molecule has 0 aromatic heterocycles. The Labute approximate surface area is 133 Å².